The predicted octanol–water partition coefficient (Wildman–Crippen LogP) is 3.48. The van der Waals surface area contributed by atoms with Crippen LogP contribution >= 0.6 is 0 Å². The van der Waals surface area contributed by atoms with Crippen LogP contribution in [-0.4, -0.2) is 30.3 Å². The Labute approximate surface area is 164 Å². The van der Waals surface area contributed by atoms with Crippen molar-refractivity contribution in [2.24, 2.45) is 0 Å². The highest BCUT2D eigenvalue weighted by atomic mass is 32.2. The molecule has 1 heterocycles. The van der Waals surface area contributed by atoms with E-state index in [1.54, 1.807) is 46.5 Å². The summed E-state index contributed by atoms with van der Waals surface area (Å²) in [6.45, 7) is 1.85. The lowest BCUT2D eigenvalue weighted by molar-refractivity contribution is -0.167. The Morgan fingerprint density at radius 1 is 1.03 bits per heavy atom. The van der Waals surface area contributed by atoms with Crippen LogP contribution in [0.5, 0.6) is 0 Å². The molecule has 1 amide bonds. The van der Waals surface area contributed by atoms with Gasteiger partial charge in [0, 0.05) is 17.6 Å². The van der Waals surface area contributed by atoms with Crippen molar-refractivity contribution in [3.05, 3.63) is 66.5 Å². The molecule has 2 N–H and O–H groups in total. The summed E-state index contributed by atoms with van der Waals surface area (Å²) in [6.07, 6.45) is -3.42. The van der Waals surface area contributed by atoms with Gasteiger partial charge in [0.2, 0.25) is 0 Å². The largest absolute Gasteiger partial charge is 0.471 e. The molecule has 29 heavy (non-hydrogen) atoms. The molecule has 0 aliphatic heterocycles. The van der Waals surface area contributed by atoms with Crippen molar-refractivity contribution in [3.63, 3.8) is 0 Å². The fourth-order valence-electron chi connectivity index (χ4n) is 2.47. The molecule has 11 heteroatoms. The molecule has 152 valence electrons. The van der Waals surface area contributed by atoms with E-state index < -0.39 is 22.1 Å². The number of nitrogens with one attached hydrogen (secondary N) is 2. The van der Waals surface area contributed by atoms with Crippen molar-refractivity contribution in [1.82, 2.24) is 9.78 Å². The number of amides is 1. The van der Waals surface area contributed by atoms with E-state index >= 15 is 0 Å². The number of carbonyl (C=O) groups excluding carboxylic acids is 1. The van der Waals surface area contributed by atoms with Crippen molar-refractivity contribution in [2.45, 2.75) is 18.0 Å². The number of benzene rings is 2. The minimum atomic E-state index is -5.04. The highest BCUT2D eigenvalue weighted by Gasteiger charge is 2.38. The van der Waals surface area contributed by atoms with Gasteiger partial charge in [-0.15, -0.1) is 0 Å². The second-order valence-electron chi connectivity index (χ2n) is 6.02. The van der Waals surface area contributed by atoms with Gasteiger partial charge in [0.1, 0.15) is 0 Å². The van der Waals surface area contributed by atoms with Crippen molar-refractivity contribution < 1.29 is 26.4 Å². The highest BCUT2D eigenvalue weighted by Crippen LogP contribution is 2.22. The fourth-order valence-corrected chi connectivity index (χ4v) is 3.52. The Kier molecular flexibility index (Phi) is 5.33. The Hall–Kier alpha value is -3.34. The fraction of sp³-hybridized carbons (Fsp3) is 0.111. The van der Waals surface area contributed by atoms with Crippen LogP contribution in [0.2, 0.25) is 0 Å². The highest BCUT2D eigenvalue weighted by molar-refractivity contribution is 7.92. The van der Waals surface area contributed by atoms with Gasteiger partial charge in [-0.2, -0.15) is 18.3 Å². The van der Waals surface area contributed by atoms with Crippen molar-refractivity contribution in [1.29, 1.82) is 0 Å². The lowest BCUT2D eigenvalue weighted by Gasteiger charge is -2.11. The van der Waals surface area contributed by atoms with Gasteiger partial charge in [-0.25, -0.2) is 13.1 Å². The topological polar surface area (TPSA) is 93.1 Å². The van der Waals surface area contributed by atoms with Crippen LogP contribution in [0.4, 0.5) is 24.5 Å². The maximum absolute atomic E-state index is 12.6. The molecule has 0 atom stereocenters. The lowest BCUT2D eigenvalue weighted by atomic mass is 10.3. The van der Waals surface area contributed by atoms with Crippen LogP contribution in [-0.2, 0) is 14.8 Å². The molecule has 3 aromatic rings. The predicted molar refractivity (Wildman–Crippen MR) is 100 cm³/mol. The molecule has 0 saturated carbocycles. The zero-order valence-corrected chi connectivity index (χ0v) is 15.8. The van der Waals surface area contributed by atoms with E-state index in [0.717, 1.165) is 30.0 Å². The second-order valence-corrected chi connectivity index (χ2v) is 7.70. The molecular formula is C18H15F3N4O3S. The Morgan fingerprint density at radius 2 is 1.72 bits per heavy atom. The van der Waals surface area contributed by atoms with Gasteiger partial charge in [0.05, 0.1) is 16.3 Å². The number of carbonyl (C=O) groups is 1. The number of hydrogen-bond acceptors (Lipinski definition) is 4. The summed E-state index contributed by atoms with van der Waals surface area (Å²) in [5, 5.41) is 5.81. The molecule has 0 aliphatic rings. The van der Waals surface area contributed by atoms with E-state index in [0.29, 0.717) is 5.69 Å². The summed E-state index contributed by atoms with van der Waals surface area (Å²) < 4.78 is 66.0. The maximum atomic E-state index is 12.6. The minimum Gasteiger partial charge on any atom is -0.318 e. The summed E-state index contributed by atoms with van der Waals surface area (Å²) in [6, 6.07) is 12.7. The van der Waals surface area contributed by atoms with Gasteiger partial charge in [0.15, 0.2) is 0 Å². The first-order chi connectivity index (χ1) is 13.6. The summed E-state index contributed by atoms with van der Waals surface area (Å²) in [7, 11) is -4.00. The molecule has 0 radical (unpaired) electrons. The molecule has 0 fully saturated rings. The number of aryl methyl sites for hydroxylation is 1. The Bertz CT molecular complexity index is 1140. The van der Waals surface area contributed by atoms with Crippen molar-refractivity contribution in [2.75, 3.05) is 10.0 Å². The molecule has 0 aliphatic carbocycles. The van der Waals surface area contributed by atoms with Gasteiger partial charge in [-0.05, 0) is 55.5 Å². The van der Waals surface area contributed by atoms with E-state index in [2.05, 4.69) is 9.82 Å². The number of rotatable bonds is 5. The standard InChI is InChI=1S/C18H15F3N4O3S/c1-12-9-10-22-25(12)15-4-2-3-14(11-15)24-29(27,28)16-7-5-13(6-8-16)23-17(26)18(19,20)21/h2-11,24H,1H3,(H,23,26). The maximum Gasteiger partial charge on any atom is 0.471 e. The monoisotopic (exact) mass is 424 g/mol. The molecule has 0 saturated heterocycles. The summed E-state index contributed by atoms with van der Waals surface area (Å²) in [5.41, 5.74) is 1.62. The molecule has 3 rings (SSSR count). The third-order valence-electron chi connectivity index (χ3n) is 3.85. The second kappa shape index (κ2) is 7.59. The third kappa shape index (κ3) is 4.74. The van der Waals surface area contributed by atoms with Gasteiger partial charge in [-0.3, -0.25) is 9.52 Å². The van der Waals surface area contributed by atoms with E-state index in [1.165, 1.54) is 0 Å². The number of aromatic nitrogens is 2. The number of hydrogen-bond donors (Lipinski definition) is 2. The first kappa shape index (κ1) is 20.4. The normalized spacial score (nSPS) is 11.9. The smallest absolute Gasteiger partial charge is 0.318 e. The zero-order chi connectivity index (χ0) is 21.2. The van der Waals surface area contributed by atoms with Crippen LogP contribution in [0.25, 0.3) is 5.69 Å². The van der Waals surface area contributed by atoms with Crippen molar-refractivity contribution in [3.8, 4) is 5.69 Å². The van der Waals surface area contributed by atoms with E-state index in [-0.39, 0.29) is 16.3 Å². The number of nitrogens with zero attached hydrogens (tertiary/aromatic N) is 2. The molecule has 0 spiro atoms. The molecule has 7 nitrogen and oxygen atoms in total. The quantitative estimate of drug-likeness (QED) is 0.656. The zero-order valence-electron chi connectivity index (χ0n) is 14.9. The van der Waals surface area contributed by atoms with Gasteiger partial charge in [0.25, 0.3) is 10.0 Å². The molecule has 1 aromatic heterocycles. The van der Waals surface area contributed by atoms with Crippen LogP contribution in [0.15, 0.2) is 65.7 Å². The SMILES string of the molecule is Cc1ccnn1-c1cccc(NS(=O)(=O)c2ccc(NC(=O)C(F)(F)F)cc2)c1. The van der Waals surface area contributed by atoms with Gasteiger partial charge < -0.3 is 5.32 Å². The van der Waals surface area contributed by atoms with Crippen LogP contribution < -0.4 is 10.0 Å². The van der Waals surface area contributed by atoms with Crippen molar-refractivity contribution >= 4 is 27.3 Å². The van der Waals surface area contributed by atoms with Crippen LogP contribution in [0.1, 0.15) is 5.69 Å². The first-order valence-electron chi connectivity index (χ1n) is 8.18. The summed E-state index contributed by atoms with van der Waals surface area (Å²) in [5.74, 6) is -2.14. The van der Waals surface area contributed by atoms with Crippen LogP contribution in [0.3, 0.4) is 0 Å². The molecule has 2 aromatic carbocycles. The average molecular weight is 424 g/mol. The number of halogens is 3. The third-order valence-corrected chi connectivity index (χ3v) is 5.25. The Morgan fingerprint density at radius 3 is 2.31 bits per heavy atom. The van der Waals surface area contributed by atoms with Crippen LogP contribution in [0, 0.1) is 6.92 Å². The van der Waals surface area contributed by atoms with E-state index in [4.69, 9.17) is 0 Å². The Balaban J connectivity index is 1.78. The van der Waals surface area contributed by atoms with Gasteiger partial charge >= 0.3 is 12.1 Å². The van der Waals surface area contributed by atoms with Gasteiger partial charge in [-0.1, -0.05) is 6.07 Å². The van der Waals surface area contributed by atoms with E-state index in [9.17, 15) is 26.4 Å². The number of alkyl halides is 3. The minimum absolute atomic E-state index is 0.178. The summed E-state index contributed by atoms with van der Waals surface area (Å²) >= 11 is 0. The molecular weight excluding hydrogens is 409 g/mol. The lowest BCUT2D eigenvalue weighted by Crippen LogP contribution is -2.29. The first-order valence-corrected chi connectivity index (χ1v) is 9.67. The number of anilines is 2. The molecule has 0 unspecified atom stereocenters. The van der Waals surface area contributed by atoms with E-state index in [1.807, 2.05) is 6.92 Å². The number of sulfonamides is 1. The summed E-state index contributed by atoms with van der Waals surface area (Å²) in [4.78, 5) is 10.8. The average Bonchev–Trinajstić information content (AvgIpc) is 3.07. The molecule has 0 bridgehead atoms.